The van der Waals surface area contributed by atoms with Gasteiger partial charge in [0.05, 0.1) is 17.4 Å². The molecule has 0 aliphatic carbocycles. The number of nitrogens with two attached hydrogens (primary N) is 1. The van der Waals surface area contributed by atoms with Crippen molar-refractivity contribution in [2.45, 2.75) is 76.4 Å². The fourth-order valence-corrected chi connectivity index (χ4v) is 5.40. The first-order chi connectivity index (χ1) is 14.9. The molecule has 5 atom stereocenters. The van der Waals surface area contributed by atoms with Crippen LogP contribution >= 0.6 is 0 Å². The Morgan fingerprint density at radius 1 is 1.12 bits per heavy atom. The van der Waals surface area contributed by atoms with Crippen molar-refractivity contribution in [3.8, 4) is 5.75 Å². The van der Waals surface area contributed by atoms with E-state index in [2.05, 4.69) is 9.12 Å². The minimum Gasteiger partial charge on any atom is -0.490 e. The van der Waals surface area contributed by atoms with Gasteiger partial charge in [0.2, 0.25) is 0 Å². The summed E-state index contributed by atoms with van der Waals surface area (Å²) in [7, 11) is -3.88. The van der Waals surface area contributed by atoms with E-state index in [1.807, 2.05) is 27.7 Å². The molecule has 0 amide bonds. The van der Waals surface area contributed by atoms with Crippen LogP contribution in [-0.2, 0) is 33.9 Å². The van der Waals surface area contributed by atoms with Crippen LogP contribution in [0, 0.1) is 0 Å². The van der Waals surface area contributed by atoms with E-state index in [0.29, 0.717) is 23.4 Å². The SMILES string of the molecule is CC1(C)OC2CC3OC(C)(C)O[C@H]3C(COc3cccc4c3C(N)=NS(=O)(=O)N4)O[C@@H]2O1. The molecule has 32 heavy (non-hydrogen) atoms. The number of hydrogen-bond donors (Lipinski definition) is 2. The molecule has 0 spiro atoms. The highest BCUT2D eigenvalue weighted by atomic mass is 32.2. The van der Waals surface area contributed by atoms with Gasteiger partial charge in [-0.2, -0.15) is 8.42 Å². The summed E-state index contributed by atoms with van der Waals surface area (Å²) in [5.41, 5.74) is 6.58. The summed E-state index contributed by atoms with van der Waals surface area (Å²) in [5, 5.41) is 0. The molecule has 0 bridgehead atoms. The lowest BCUT2D eigenvalue weighted by atomic mass is 10.0. The topological polar surface area (TPSA) is 140 Å². The lowest BCUT2D eigenvalue weighted by molar-refractivity contribution is -0.227. The van der Waals surface area contributed by atoms with E-state index in [4.69, 9.17) is 34.2 Å². The molecule has 4 aliphatic heterocycles. The summed E-state index contributed by atoms with van der Waals surface area (Å²) < 4.78 is 66.0. The summed E-state index contributed by atoms with van der Waals surface area (Å²) in [6, 6.07) is 4.94. The van der Waals surface area contributed by atoms with Crippen LogP contribution in [0.4, 0.5) is 5.69 Å². The number of rotatable bonds is 3. The zero-order chi connectivity index (χ0) is 22.9. The normalized spacial score (nSPS) is 36.1. The average Bonchev–Trinajstić information content (AvgIpc) is 3.07. The van der Waals surface area contributed by atoms with Crippen molar-refractivity contribution in [2.24, 2.45) is 10.1 Å². The monoisotopic (exact) mass is 469 g/mol. The predicted molar refractivity (Wildman–Crippen MR) is 112 cm³/mol. The van der Waals surface area contributed by atoms with Crippen molar-refractivity contribution < 1.29 is 36.8 Å². The number of benzene rings is 1. The smallest absolute Gasteiger partial charge is 0.344 e. The zero-order valence-corrected chi connectivity index (χ0v) is 19.0. The van der Waals surface area contributed by atoms with Gasteiger partial charge in [-0.15, -0.1) is 4.40 Å². The minimum absolute atomic E-state index is 0.0874. The number of hydrogen-bond acceptors (Lipinski definition) is 9. The van der Waals surface area contributed by atoms with E-state index in [-0.39, 0.29) is 24.7 Å². The standard InChI is InChI=1S/C20H27N3O8S/c1-19(2)28-12-8-13-18(31-20(3,4)29-13)27-14(16(12)30-19)9-26-11-7-5-6-10-15(11)17(21)23-32(24,25)22-10/h5-7,12-14,16,18,22H,8-9H2,1-4H3,(H2,21,23)/t12?,13?,14?,16-,18-/m1/s1. The van der Waals surface area contributed by atoms with Crippen molar-refractivity contribution in [3.63, 3.8) is 0 Å². The molecule has 5 rings (SSSR count). The molecule has 1 aromatic rings. The van der Waals surface area contributed by atoms with Gasteiger partial charge in [0.15, 0.2) is 23.7 Å². The molecule has 0 radical (unpaired) electrons. The maximum atomic E-state index is 11.8. The molecule has 176 valence electrons. The van der Waals surface area contributed by atoms with Gasteiger partial charge in [0.1, 0.15) is 30.7 Å². The van der Waals surface area contributed by atoms with Crippen LogP contribution in [0.1, 0.15) is 39.7 Å². The predicted octanol–water partition coefficient (Wildman–Crippen LogP) is 1.23. The summed E-state index contributed by atoms with van der Waals surface area (Å²) in [6.07, 6.45) is -1.56. The molecular weight excluding hydrogens is 442 g/mol. The Morgan fingerprint density at radius 2 is 1.84 bits per heavy atom. The van der Waals surface area contributed by atoms with Crippen molar-refractivity contribution in [2.75, 3.05) is 11.3 Å². The number of anilines is 1. The van der Waals surface area contributed by atoms with Crippen LogP contribution < -0.4 is 15.2 Å². The van der Waals surface area contributed by atoms with Gasteiger partial charge < -0.3 is 34.2 Å². The molecular formula is C20H27N3O8S. The number of nitrogens with zero attached hydrogens (tertiary/aromatic N) is 1. The highest BCUT2D eigenvalue weighted by molar-refractivity contribution is 7.91. The Labute approximate surface area is 186 Å². The third-order valence-corrected chi connectivity index (χ3v) is 6.56. The van der Waals surface area contributed by atoms with Crippen molar-refractivity contribution >= 4 is 21.7 Å². The van der Waals surface area contributed by atoms with Crippen LogP contribution in [0.3, 0.4) is 0 Å². The van der Waals surface area contributed by atoms with Gasteiger partial charge in [-0.1, -0.05) is 6.07 Å². The Balaban J connectivity index is 1.40. The van der Waals surface area contributed by atoms with E-state index in [1.165, 1.54) is 0 Å². The van der Waals surface area contributed by atoms with E-state index >= 15 is 0 Å². The van der Waals surface area contributed by atoms with E-state index in [9.17, 15) is 8.42 Å². The molecule has 3 saturated heterocycles. The second-order valence-corrected chi connectivity index (χ2v) is 10.5. The number of amidine groups is 1. The Hall–Kier alpha value is -1.96. The Kier molecular flexibility index (Phi) is 4.97. The maximum Gasteiger partial charge on any atom is 0.344 e. The lowest BCUT2D eigenvalue weighted by Gasteiger charge is -2.28. The fourth-order valence-electron chi connectivity index (χ4n) is 4.56. The first kappa shape index (κ1) is 21.9. The highest BCUT2D eigenvalue weighted by Gasteiger charge is 2.54. The Bertz CT molecular complexity index is 1060. The number of ether oxygens (including phenoxy) is 6. The third-order valence-electron chi connectivity index (χ3n) is 5.64. The summed E-state index contributed by atoms with van der Waals surface area (Å²) in [4.78, 5) is 0. The molecule has 0 saturated carbocycles. The second kappa shape index (κ2) is 7.27. The second-order valence-electron chi connectivity index (χ2n) is 9.13. The maximum absolute atomic E-state index is 11.8. The van der Waals surface area contributed by atoms with Gasteiger partial charge in [-0.25, -0.2) is 0 Å². The van der Waals surface area contributed by atoms with Crippen LogP contribution in [0.5, 0.6) is 5.75 Å². The van der Waals surface area contributed by atoms with Crippen molar-refractivity contribution in [1.29, 1.82) is 0 Å². The lowest BCUT2D eigenvalue weighted by Crippen LogP contribution is -2.42. The van der Waals surface area contributed by atoms with Gasteiger partial charge in [-0.05, 0) is 39.8 Å². The summed E-state index contributed by atoms with van der Waals surface area (Å²) in [6.45, 7) is 7.46. The van der Waals surface area contributed by atoms with Gasteiger partial charge in [0.25, 0.3) is 0 Å². The van der Waals surface area contributed by atoms with E-state index in [1.54, 1.807) is 18.2 Å². The fraction of sp³-hybridized carbons (Fsp3) is 0.650. The molecule has 1 aromatic carbocycles. The molecule has 4 aliphatic rings. The van der Waals surface area contributed by atoms with Crippen LogP contribution in [-0.4, -0.2) is 63.1 Å². The van der Waals surface area contributed by atoms with Crippen molar-refractivity contribution in [3.05, 3.63) is 23.8 Å². The van der Waals surface area contributed by atoms with Gasteiger partial charge in [-0.3, -0.25) is 4.72 Å². The molecule has 0 aromatic heterocycles. The molecule has 4 heterocycles. The highest BCUT2D eigenvalue weighted by Crippen LogP contribution is 2.42. The average molecular weight is 470 g/mol. The van der Waals surface area contributed by atoms with Crippen LogP contribution in [0.15, 0.2) is 22.6 Å². The van der Waals surface area contributed by atoms with Gasteiger partial charge in [0, 0.05) is 6.42 Å². The van der Waals surface area contributed by atoms with E-state index < -0.39 is 40.3 Å². The molecule has 12 heteroatoms. The molecule has 3 unspecified atom stereocenters. The first-order valence-corrected chi connectivity index (χ1v) is 11.9. The Morgan fingerprint density at radius 3 is 2.62 bits per heavy atom. The minimum atomic E-state index is -3.88. The van der Waals surface area contributed by atoms with E-state index in [0.717, 1.165) is 0 Å². The number of nitrogens with one attached hydrogen (secondary N) is 1. The van der Waals surface area contributed by atoms with Crippen molar-refractivity contribution in [1.82, 2.24) is 0 Å². The summed E-state index contributed by atoms with van der Waals surface area (Å²) in [5.74, 6) is -1.33. The molecule has 11 nitrogen and oxygen atoms in total. The first-order valence-electron chi connectivity index (χ1n) is 10.4. The largest absolute Gasteiger partial charge is 0.490 e. The number of fused-ring (bicyclic) bond motifs is 3. The van der Waals surface area contributed by atoms with Gasteiger partial charge >= 0.3 is 10.2 Å². The third kappa shape index (κ3) is 4.06. The van der Waals surface area contributed by atoms with Crippen LogP contribution in [0.25, 0.3) is 0 Å². The zero-order valence-electron chi connectivity index (χ0n) is 18.2. The summed E-state index contributed by atoms with van der Waals surface area (Å²) >= 11 is 0. The molecule has 3 fully saturated rings. The quantitative estimate of drug-likeness (QED) is 0.669. The molecule has 3 N–H and O–H groups in total. The van der Waals surface area contributed by atoms with Crippen LogP contribution in [0.2, 0.25) is 0 Å².